The molecule has 0 aliphatic rings. The van der Waals surface area contributed by atoms with Crippen molar-refractivity contribution in [3.8, 4) is 22.8 Å². The van der Waals surface area contributed by atoms with Gasteiger partial charge in [0.25, 0.3) is 5.91 Å². The molecule has 0 atom stereocenters. The van der Waals surface area contributed by atoms with Crippen molar-refractivity contribution in [2.45, 2.75) is 12.1 Å². The predicted octanol–water partition coefficient (Wildman–Crippen LogP) is 5.91. The summed E-state index contributed by atoms with van der Waals surface area (Å²) in [4.78, 5) is 12.4. The van der Waals surface area contributed by atoms with Crippen molar-refractivity contribution >= 4 is 51.4 Å². The highest BCUT2D eigenvalue weighted by Crippen LogP contribution is 2.29. The van der Waals surface area contributed by atoms with Crippen LogP contribution < -0.4 is 10.2 Å². The highest BCUT2D eigenvalue weighted by Gasteiger charge is 2.17. The minimum absolute atomic E-state index is 0.114. The molecule has 3 aromatic carbocycles. The summed E-state index contributed by atoms with van der Waals surface area (Å²) in [5.41, 5.74) is 6.29. The first-order chi connectivity index (χ1) is 16.9. The number of amides is 1. The minimum Gasteiger partial charge on any atom is -0.496 e. The Labute approximate surface area is 220 Å². The number of halogens is 2. The third-order valence-corrected chi connectivity index (χ3v) is 6.74. The average Bonchev–Trinajstić information content (AvgIpc) is 3.28. The molecule has 0 spiro atoms. The molecule has 0 fully saturated rings. The molecule has 1 heterocycles. The number of nitrogens with zero attached hydrogens (tertiary/aromatic N) is 4. The molecule has 10 heteroatoms. The Morgan fingerprint density at radius 1 is 1.14 bits per heavy atom. The van der Waals surface area contributed by atoms with Crippen LogP contribution in [0.15, 0.2) is 81.5 Å². The molecule has 0 aliphatic carbocycles. The standard InChI is InChI=1S/C25H21BrClN5O2S/c1-16-3-6-18(7-4-16)24-30-31-25(32(24)20-10-8-19(27)9-11-20)35-15-23(33)29-28-14-17-5-12-22(34-2)21(26)13-17/h3-14H,15H2,1-2H3,(H,29,33)/b28-14-. The van der Waals surface area contributed by atoms with E-state index in [9.17, 15) is 4.79 Å². The van der Waals surface area contributed by atoms with E-state index in [1.807, 2.05) is 78.2 Å². The van der Waals surface area contributed by atoms with Gasteiger partial charge in [-0.3, -0.25) is 9.36 Å². The molecule has 4 aromatic rings. The van der Waals surface area contributed by atoms with Gasteiger partial charge in [-0.2, -0.15) is 5.10 Å². The van der Waals surface area contributed by atoms with E-state index in [1.54, 1.807) is 13.3 Å². The summed E-state index contributed by atoms with van der Waals surface area (Å²) in [5.74, 6) is 1.25. The number of aryl methyl sites for hydroxylation is 1. The Morgan fingerprint density at radius 2 is 1.89 bits per heavy atom. The molecule has 0 unspecified atom stereocenters. The maximum atomic E-state index is 12.4. The van der Waals surface area contributed by atoms with E-state index in [2.05, 4.69) is 36.7 Å². The van der Waals surface area contributed by atoms with E-state index < -0.39 is 0 Å². The van der Waals surface area contributed by atoms with Crippen LogP contribution in [0.2, 0.25) is 5.02 Å². The van der Waals surface area contributed by atoms with Crippen molar-refractivity contribution in [3.63, 3.8) is 0 Å². The molecule has 7 nitrogen and oxygen atoms in total. The zero-order chi connectivity index (χ0) is 24.8. The van der Waals surface area contributed by atoms with Gasteiger partial charge in [-0.1, -0.05) is 53.2 Å². The van der Waals surface area contributed by atoms with Crippen molar-refractivity contribution in [1.82, 2.24) is 20.2 Å². The normalized spacial score (nSPS) is 11.1. The maximum absolute atomic E-state index is 12.4. The van der Waals surface area contributed by atoms with Gasteiger partial charge in [-0.15, -0.1) is 10.2 Å². The molecule has 0 saturated heterocycles. The molecule has 1 amide bonds. The third kappa shape index (κ3) is 6.30. The lowest BCUT2D eigenvalue weighted by molar-refractivity contribution is -0.118. The fourth-order valence-corrected chi connectivity index (χ4v) is 4.61. The van der Waals surface area contributed by atoms with Crippen LogP contribution in [0.4, 0.5) is 0 Å². The lowest BCUT2D eigenvalue weighted by Gasteiger charge is -2.10. The largest absolute Gasteiger partial charge is 0.496 e. The SMILES string of the molecule is COc1ccc(/C=N\NC(=O)CSc2nnc(-c3ccc(C)cc3)n2-c2ccc(Cl)cc2)cc1Br. The maximum Gasteiger partial charge on any atom is 0.250 e. The molecule has 1 N–H and O–H groups in total. The number of carbonyl (C=O) groups is 1. The Bertz CT molecular complexity index is 1360. The van der Waals surface area contributed by atoms with Crippen LogP contribution in [-0.2, 0) is 4.79 Å². The van der Waals surface area contributed by atoms with Crippen LogP contribution in [0.25, 0.3) is 17.1 Å². The molecular formula is C25H21BrClN5O2S. The highest BCUT2D eigenvalue weighted by atomic mass is 79.9. The van der Waals surface area contributed by atoms with Gasteiger partial charge >= 0.3 is 0 Å². The van der Waals surface area contributed by atoms with Gasteiger partial charge in [0, 0.05) is 16.3 Å². The first kappa shape index (κ1) is 25.0. The van der Waals surface area contributed by atoms with Crippen LogP contribution in [0.3, 0.4) is 0 Å². The predicted molar refractivity (Wildman–Crippen MR) is 144 cm³/mol. The van der Waals surface area contributed by atoms with Gasteiger partial charge < -0.3 is 4.74 Å². The Kier molecular flexibility index (Phi) is 8.22. The van der Waals surface area contributed by atoms with Crippen LogP contribution >= 0.6 is 39.3 Å². The fourth-order valence-electron chi connectivity index (χ4n) is 3.18. The van der Waals surface area contributed by atoms with E-state index in [0.717, 1.165) is 32.6 Å². The summed E-state index contributed by atoms with van der Waals surface area (Å²) in [7, 11) is 1.60. The quantitative estimate of drug-likeness (QED) is 0.162. The molecule has 4 rings (SSSR count). The second kappa shape index (κ2) is 11.5. The summed E-state index contributed by atoms with van der Waals surface area (Å²) < 4.78 is 7.93. The van der Waals surface area contributed by atoms with E-state index in [0.29, 0.717) is 16.0 Å². The lowest BCUT2D eigenvalue weighted by atomic mass is 10.1. The van der Waals surface area contributed by atoms with Gasteiger partial charge in [0.15, 0.2) is 11.0 Å². The molecule has 178 valence electrons. The smallest absolute Gasteiger partial charge is 0.250 e. The number of benzene rings is 3. The van der Waals surface area contributed by atoms with Crippen LogP contribution in [0.5, 0.6) is 5.75 Å². The summed E-state index contributed by atoms with van der Waals surface area (Å²) in [6.07, 6.45) is 1.57. The van der Waals surface area contributed by atoms with Crippen molar-refractivity contribution in [3.05, 3.63) is 87.4 Å². The number of thioether (sulfide) groups is 1. The zero-order valence-corrected chi connectivity index (χ0v) is 22.1. The van der Waals surface area contributed by atoms with E-state index >= 15 is 0 Å². The average molecular weight is 571 g/mol. The van der Waals surface area contributed by atoms with Gasteiger partial charge in [0.05, 0.1) is 23.5 Å². The zero-order valence-electron chi connectivity index (χ0n) is 18.9. The van der Waals surface area contributed by atoms with Crippen LogP contribution in [0.1, 0.15) is 11.1 Å². The number of ether oxygens (including phenoxy) is 1. The Morgan fingerprint density at radius 3 is 2.57 bits per heavy atom. The number of rotatable bonds is 8. The third-order valence-electron chi connectivity index (χ3n) is 4.94. The summed E-state index contributed by atoms with van der Waals surface area (Å²) in [5, 5.41) is 14.0. The molecular weight excluding hydrogens is 550 g/mol. The van der Waals surface area contributed by atoms with Crippen molar-refractivity contribution in [2.75, 3.05) is 12.9 Å². The number of carbonyl (C=O) groups excluding carboxylic acids is 1. The van der Waals surface area contributed by atoms with Gasteiger partial charge in [-0.05, 0) is 70.9 Å². The number of hydrogen-bond acceptors (Lipinski definition) is 6. The van der Waals surface area contributed by atoms with E-state index in [-0.39, 0.29) is 11.7 Å². The number of aromatic nitrogens is 3. The highest BCUT2D eigenvalue weighted by molar-refractivity contribution is 9.10. The molecule has 0 bridgehead atoms. The second-order valence-corrected chi connectivity index (χ2v) is 9.69. The van der Waals surface area contributed by atoms with Gasteiger partial charge in [0.2, 0.25) is 0 Å². The number of nitrogens with one attached hydrogen (secondary N) is 1. The van der Waals surface area contributed by atoms with Crippen molar-refractivity contribution < 1.29 is 9.53 Å². The van der Waals surface area contributed by atoms with Crippen LogP contribution in [0, 0.1) is 6.92 Å². The first-order valence-corrected chi connectivity index (χ1v) is 12.7. The lowest BCUT2D eigenvalue weighted by Crippen LogP contribution is -2.20. The molecule has 1 aromatic heterocycles. The van der Waals surface area contributed by atoms with Gasteiger partial charge in [-0.25, -0.2) is 5.43 Å². The molecule has 0 radical (unpaired) electrons. The van der Waals surface area contributed by atoms with Gasteiger partial charge in [0.1, 0.15) is 5.75 Å². The Balaban J connectivity index is 1.48. The minimum atomic E-state index is -0.263. The summed E-state index contributed by atoms with van der Waals surface area (Å²) >= 11 is 10.8. The summed E-state index contributed by atoms with van der Waals surface area (Å²) in [6.45, 7) is 2.03. The van der Waals surface area contributed by atoms with Crippen molar-refractivity contribution in [1.29, 1.82) is 0 Å². The van der Waals surface area contributed by atoms with Crippen LogP contribution in [-0.4, -0.2) is 39.7 Å². The Hall–Kier alpha value is -3.14. The van der Waals surface area contributed by atoms with Crippen molar-refractivity contribution in [2.24, 2.45) is 5.10 Å². The number of hydrazone groups is 1. The molecule has 0 saturated carbocycles. The molecule has 35 heavy (non-hydrogen) atoms. The monoisotopic (exact) mass is 569 g/mol. The fraction of sp³-hybridized carbons (Fsp3) is 0.120. The topological polar surface area (TPSA) is 81.4 Å². The summed E-state index contributed by atoms with van der Waals surface area (Å²) in [6, 6.07) is 21.0. The van der Waals surface area contributed by atoms with E-state index in [1.165, 1.54) is 11.8 Å². The number of hydrogen-bond donors (Lipinski definition) is 1. The first-order valence-electron chi connectivity index (χ1n) is 10.5. The van der Waals surface area contributed by atoms with E-state index in [4.69, 9.17) is 16.3 Å². The molecule has 0 aliphatic heterocycles. The number of methoxy groups -OCH3 is 1. The second-order valence-electron chi connectivity index (χ2n) is 7.46.